The van der Waals surface area contributed by atoms with Crippen LogP contribution in [0, 0.1) is 0 Å². The van der Waals surface area contributed by atoms with Gasteiger partial charge in [0.25, 0.3) is 0 Å². The fourth-order valence-corrected chi connectivity index (χ4v) is 3.35. The van der Waals surface area contributed by atoms with Crippen molar-refractivity contribution in [3.05, 3.63) is 60.2 Å². The molecule has 0 N–H and O–H groups in total. The van der Waals surface area contributed by atoms with Gasteiger partial charge in [-0.3, -0.25) is 9.59 Å². The van der Waals surface area contributed by atoms with Gasteiger partial charge in [0.1, 0.15) is 12.3 Å². The number of hydrogen-bond donors (Lipinski definition) is 0. The molecule has 1 atom stereocenters. The van der Waals surface area contributed by atoms with Gasteiger partial charge in [0.15, 0.2) is 0 Å². The van der Waals surface area contributed by atoms with E-state index in [-0.39, 0.29) is 24.4 Å². The number of benzene rings is 2. The van der Waals surface area contributed by atoms with Gasteiger partial charge in [-0.1, -0.05) is 43.3 Å². The molecule has 26 heavy (non-hydrogen) atoms. The number of piperazine rings is 1. The smallest absolute Gasteiger partial charge is 0.246 e. The standard InChI is InChI=1S/C21H24N2O3/c1-3-20(24)23-15-21(25)22(17-10-7-11-19(13-17)26-2)14-18(23)12-16-8-5-4-6-9-16/h4-11,13,18H,3,12,14-15H2,1-2H3. The minimum absolute atomic E-state index is 0.0181. The zero-order valence-corrected chi connectivity index (χ0v) is 15.2. The maximum absolute atomic E-state index is 12.7. The highest BCUT2D eigenvalue weighted by Gasteiger charge is 2.35. The summed E-state index contributed by atoms with van der Waals surface area (Å²) in [6.45, 7) is 2.43. The predicted octanol–water partition coefficient (Wildman–Crippen LogP) is 2.89. The van der Waals surface area contributed by atoms with E-state index in [4.69, 9.17) is 4.74 Å². The number of anilines is 1. The summed E-state index contributed by atoms with van der Waals surface area (Å²) in [7, 11) is 1.61. The molecule has 0 bridgehead atoms. The van der Waals surface area contributed by atoms with Crippen LogP contribution in [0.4, 0.5) is 5.69 Å². The van der Waals surface area contributed by atoms with Gasteiger partial charge < -0.3 is 14.5 Å². The Morgan fingerprint density at radius 1 is 1.15 bits per heavy atom. The monoisotopic (exact) mass is 352 g/mol. The Morgan fingerprint density at radius 2 is 1.92 bits per heavy atom. The van der Waals surface area contributed by atoms with Crippen molar-refractivity contribution in [1.82, 2.24) is 4.90 Å². The van der Waals surface area contributed by atoms with Crippen molar-refractivity contribution >= 4 is 17.5 Å². The molecule has 5 heteroatoms. The SMILES string of the molecule is CCC(=O)N1CC(=O)N(c2cccc(OC)c2)CC1Cc1ccccc1. The third-order valence-corrected chi connectivity index (χ3v) is 4.74. The summed E-state index contributed by atoms with van der Waals surface area (Å²) in [5.41, 5.74) is 1.96. The average molecular weight is 352 g/mol. The van der Waals surface area contributed by atoms with E-state index in [1.807, 2.05) is 49.4 Å². The second-order valence-corrected chi connectivity index (χ2v) is 6.42. The average Bonchev–Trinajstić information content (AvgIpc) is 2.69. The van der Waals surface area contributed by atoms with Gasteiger partial charge in [-0.15, -0.1) is 0 Å². The molecule has 136 valence electrons. The lowest BCUT2D eigenvalue weighted by Crippen LogP contribution is -2.58. The summed E-state index contributed by atoms with van der Waals surface area (Å²) >= 11 is 0. The van der Waals surface area contributed by atoms with Gasteiger partial charge in [0, 0.05) is 24.7 Å². The van der Waals surface area contributed by atoms with E-state index in [2.05, 4.69) is 12.1 Å². The Morgan fingerprint density at radius 3 is 2.62 bits per heavy atom. The maximum Gasteiger partial charge on any atom is 0.246 e. The highest BCUT2D eigenvalue weighted by molar-refractivity contribution is 5.98. The van der Waals surface area contributed by atoms with Crippen LogP contribution in [0.25, 0.3) is 0 Å². The van der Waals surface area contributed by atoms with Crippen molar-refractivity contribution in [2.75, 3.05) is 25.1 Å². The number of rotatable bonds is 5. The molecule has 5 nitrogen and oxygen atoms in total. The molecule has 0 aromatic heterocycles. The fraction of sp³-hybridized carbons (Fsp3) is 0.333. The van der Waals surface area contributed by atoms with Gasteiger partial charge in [-0.2, -0.15) is 0 Å². The molecule has 1 saturated heterocycles. The van der Waals surface area contributed by atoms with Gasteiger partial charge in [-0.05, 0) is 24.1 Å². The first-order valence-electron chi connectivity index (χ1n) is 8.90. The minimum atomic E-state index is -0.0654. The van der Waals surface area contributed by atoms with E-state index in [0.717, 1.165) is 17.7 Å². The number of carbonyl (C=O) groups is 2. The van der Waals surface area contributed by atoms with Crippen LogP contribution in [0.5, 0.6) is 5.75 Å². The largest absolute Gasteiger partial charge is 0.497 e. The maximum atomic E-state index is 12.7. The number of nitrogens with zero attached hydrogens (tertiary/aromatic N) is 2. The number of ether oxygens (including phenoxy) is 1. The van der Waals surface area contributed by atoms with Crippen LogP contribution in [0.15, 0.2) is 54.6 Å². The number of carbonyl (C=O) groups excluding carboxylic acids is 2. The van der Waals surface area contributed by atoms with E-state index in [1.54, 1.807) is 16.9 Å². The quantitative estimate of drug-likeness (QED) is 0.831. The summed E-state index contributed by atoms with van der Waals surface area (Å²) in [6, 6.07) is 17.5. The molecule has 1 heterocycles. The number of hydrogen-bond acceptors (Lipinski definition) is 3. The molecule has 0 saturated carbocycles. The van der Waals surface area contributed by atoms with Crippen LogP contribution in [-0.4, -0.2) is 43.0 Å². The number of amides is 2. The Labute approximate surface area is 154 Å². The lowest BCUT2D eigenvalue weighted by atomic mass is 10.0. The number of methoxy groups -OCH3 is 1. The summed E-state index contributed by atoms with van der Waals surface area (Å²) in [5, 5.41) is 0. The van der Waals surface area contributed by atoms with Crippen molar-refractivity contribution in [3.63, 3.8) is 0 Å². The molecular weight excluding hydrogens is 328 g/mol. The van der Waals surface area contributed by atoms with Gasteiger partial charge >= 0.3 is 0 Å². The summed E-state index contributed by atoms with van der Waals surface area (Å²) < 4.78 is 5.28. The van der Waals surface area contributed by atoms with E-state index in [9.17, 15) is 9.59 Å². The second-order valence-electron chi connectivity index (χ2n) is 6.42. The zero-order chi connectivity index (χ0) is 18.5. The van der Waals surface area contributed by atoms with Crippen LogP contribution in [0.3, 0.4) is 0 Å². The summed E-state index contributed by atoms with van der Waals surface area (Å²) in [5.74, 6) is 0.663. The van der Waals surface area contributed by atoms with Gasteiger partial charge in [-0.25, -0.2) is 0 Å². The highest BCUT2D eigenvalue weighted by Crippen LogP contribution is 2.26. The minimum Gasteiger partial charge on any atom is -0.497 e. The van der Waals surface area contributed by atoms with Crippen LogP contribution >= 0.6 is 0 Å². The van der Waals surface area contributed by atoms with Gasteiger partial charge in [0.05, 0.1) is 13.2 Å². The Balaban J connectivity index is 1.87. The first-order chi connectivity index (χ1) is 12.6. The fourth-order valence-electron chi connectivity index (χ4n) is 3.35. The molecule has 1 aliphatic rings. The van der Waals surface area contributed by atoms with Crippen molar-refractivity contribution in [2.24, 2.45) is 0 Å². The Kier molecular flexibility index (Phi) is 5.56. The molecule has 3 rings (SSSR count). The molecule has 1 unspecified atom stereocenters. The molecule has 0 aliphatic carbocycles. The Bertz CT molecular complexity index is 776. The second kappa shape index (κ2) is 8.04. The van der Waals surface area contributed by atoms with Crippen LogP contribution in [0.1, 0.15) is 18.9 Å². The first kappa shape index (κ1) is 18.0. The van der Waals surface area contributed by atoms with Crippen molar-refractivity contribution in [1.29, 1.82) is 0 Å². The van der Waals surface area contributed by atoms with Gasteiger partial charge in [0.2, 0.25) is 11.8 Å². The molecule has 1 fully saturated rings. The lowest BCUT2D eigenvalue weighted by molar-refractivity contribution is -0.139. The Hall–Kier alpha value is -2.82. The van der Waals surface area contributed by atoms with E-state index in [0.29, 0.717) is 18.7 Å². The van der Waals surface area contributed by atoms with Crippen LogP contribution < -0.4 is 9.64 Å². The van der Waals surface area contributed by atoms with E-state index >= 15 is 0 Å². The molecule has 1 aliphatic heterocycles. The van der Waals surface area contributed by atoms with Crippen molar-refractivity contribution < 1.29 is 14.3 Å². The molecule has 0 radical (unpaired) electrons. The van der Waals surface area contributed by atoms with Crippen LogP contribution in [-0.2, 0) is 16.0 Å². The summed E-state index contributed by atoms with van der Waals surface area (Å²) in [4.78, 5) is 28.6. The molecule has 0 spiro atoms. The molecule has 2 amide bonds. The van der Waals surface area contributed by atoms with E-state index < -0.39 is 0 Å². The topological polar surface area (TPSA) is 49.9 Å². The van der Waals surface area contributed by atoms with Crippen LogP contribution in [0.2, 0.25) is 0 Å². The molecule has 2 aromatic rings. The highest BCUT2D eigenvalue weighted by atomic mass is 16.5. The lowest BCUT2D eigenvalue weighted by Gasteiger charge is -2.41. The summed E-state index contributed by atoms with van der Waals surface area (Å²) in [6.07, 6.45) is 1.12. The van der Waals surface area contributed by atoms with Crippen molar-refractivity contribution in [3.8, 4) is 5.75 Å². The first-order valence-corrected chi connectivity index (χ1v) is 8.90. The third-order valence-electron chi connectivity index (χ3n) is 4.74. The molecule has 2 aromatic carbocycles. The normalized spacial score (nSPS) is 17.3. The van der Waals surface area contributed by atoms with Crippen molar-refractivity contribution in [2.45, 2.75) is 25.8 Å². The zero-order valence-electron chi connectivity index (χ0n) is 15.2. The molecular formula is C21H24N2O3. The predicted molar refractivity (Wildman–Crippen MR) is 101 cm³/mol. The third kappa shape index (κ3) is 3.87. The van der Waals surface area contributed by atoms with E-state index in [1.165, 1.54) is 0 Å².